The molecule has 0 aromatic heterocycles. The Morgan fingerprint density at radius 2 is 1.00 bits per heavy atom. The van der Waals surface area contributed by atoms with Gasteiger partial charge in [0.2, 0.25) is 11.6 Å². The Kier molecular flexibility index (Phi) is 7.70. The van der Waals surface area contributed by atoms with Crippen LogP contribution >= 0.6 is 31.9 Å². The Bertz CT molecular complexity index is 656. The second-order valence-electron chi connectivity index (χ2n) is 4.03. The van der Waals surface area contributed by atoms with Gasteiger partial charge < -0.3 is 14.2 Å². The average Bonchev–Trinajstić information content (AvgIpc) is 2.53. The van der Waals surface area contributed by atoms with Crippen LogP contribution in [0.5, 0.6) is 17.2 Å². The van der Waals surface area contributed by atoms with E-state index in [4.69, 9.17) is 9.47 Å². The molecule has 0 radical (unpaired) electrons. The number of ether oxygens (including phenoxy) is 3. The van der Waals surface area contributed by atoms with Crippen molar-refractivity contribution in [3.8, 4) is 17.2 Å². The molecular formula is C15H13Br2F3O3. The van der Waals surface area contributed by atoms with Crippen LogP contribution in [-0.4, -0.2) is 21.3 Å². The van der Waals surface area contributed by atoms with E-state index >= 15 is 0 Å². The summed E-state index contributed by atoms with van der Waals surface area (Å²) in [6, 6.07) is 5.48. The number of benzene rings is 2. The lowest BCUT2D eigenvalue weighted by Crippen LogP contribution is -1.93. The fourth-order valence-corrected chi connectivity index (χ4v) is 2.34. The largest absolute Gasteiger partial charge is 0.494 e. The summed E-state index contributed by atoms with van der Waals surface area (Å²) in [6.45, 7) is 0. The highest BCUT2D eigenvalue weighted by Crippen LogP contribution is 2.30. The second kappa shape index (κ2) is 9.02. The molecule has 2 aromatic rings. The first-order valence-electron chi connectivity index (χ1n) is 6.09. The molecule has 2 aromatic carbocycles. The summed E-state index contributed by atoms with van der Waals surface area (Å²) in [5, 5.41) is 0. The Labute approximate surface area is 148 Å². The predicted octanol–water partition coefficient (Wildman–Crippen LogP) is 5.34. The SMILES string of the molecule is COc1cc(Br)cc(F)c1F.COc1cc(Br)cc(OC)c1F. The molecule has 126 valence electrons. The van der Waals surface area contributed by atoms with Crippen LogP contribution in [0.4, 0.5) is 13.2 Å². The fraction of sp³-hybridized carbons (Fsp3) is 0.200. The highest BCUT2D eigenvalue weighted by atomic mass is 79.9. The van der Waals surface area contributed by atoms with Crippen molar-refractivity contribution in [1.29, 1.82) is 0 Å². The molecular weight excluding hydrogens is 445 g/mol. The van der Waals surface area contributed by atoms with E-state index in [0.29, 0.717) is 4.47 Å². The summed E-state index contributed by atoms with van der Waals surface area (Å²) in [7, 11) is 4.10. The third kappa shape index (κ3) is 5.31. The monoisotopic (exact) mass is 456 g/mol. The van der Waals surface area contributed by atoms with E-state index in [-0.39, 0.29) is 17.2 Å². The lowest BCUT2D eigenvalue weighted by molar-refractivity contribution is 0.350. The minimum atomic E-state index is -0.962. The van der Waals surface area contributed by atoms with Crippen LogP contribution in [0.1, 0.15) is 0 Å². The van der Waals surface area contributed by atoms with Crippen molar-refractivity contribution in [1.82, 2.24) is 0 Å². The maximum atomic E-state index is 13.2. The highest BCUT2D eigenvalue weighted by Gasteiger charge is 2.10. The quantitative estimate of drug-likeness (QED) is 0.582. The third-order valence-electron chi connectivity index (χ3n) is 2.59. The van der Waals surface area contributed by atoms with Gasteiger partial charge in [-0.05, 0) is 24.3 Å². The molecule has 2 rings (SSSR count). The van der Waals surface area contributed by atoms with Gasteiger partial charge in [-0.3, -0.25) is 0 Å². The van der Waals surface area contributed by atoms with Gasteiger partial charge in [0.05, 0.1) is 21.3 Å². The maximum Gasteiger partial charge on any atom is 0.206 e. The van der Waals surface area contributed by atoms with Gasteiger partial charge in [0.25, 0.3) is 0 Å². The zero-order chi connectivity index (χ0) is 17.6. The van der Waals surface area contributed by atoms with Crippen LogP contribution in [0.25, 0.3) is 0 Å². The molecule has 8 heteroatoms. The van der Waals surface area contributed by atoms with Gasteiger partial charge in [0.1, 0.15) is 0 Å². The van der Waals surface area contributed by atoms with Crippen molar-refractivity contribution in [3.63, 3.8) is 0 Å². The molecule has 0 aliphatic rings. The Morgan fingerprint density at radius 3 is 1.39 bits per heavy atom. The molecule has 0 aliphatic heterocycles. The zero-order valence-corrected chi connectivity index (χ0v) is 15.6. The molecule has 0 N–H and O–H groups in total. The molecule has 0 aliphatic carbocycles. The molecule has 3 nitrogen and oxygen atoms in total. The summed E-state index contributed by atoms with van der Waals surface area (Å²) in [5.74, 6) is -2.13. The van der Waals surface area contributed by atoms with Crippen LogP contribution in [-0.2, 0) is 0 Å². The molecule has 0 unspecified atom stereocenters. The van der Waals surface area contributed by atoms with Gasteiger partial charge in [0.15, 0.2) is 23.1 Å². The predicted molar refractivity (Wildman–Crippen MR) is 87.8 cm³/mol. The average molecular weight is 458 g/mol. The molecule has 0 amide bonds. The minimum absolute atomic E-state index is 0.100. The maximum absolute atomic E-state index is 13.2. The van der Waals surface area contributed by atoms with E-state index in [1.54, 1.807) is 0 Å². The van der Waals surface area contributed by atoms with Crippen LogP contribution < -0.4 is 14.2 Å². The van der Waals surface area contributed by atoms with Crippen LogP contribution in [0.15, 0.2) is 33.2 Å². The summed E-state index contributed by atoms with van der Waals surface area (Å²) in [4.78, 5) is 0. The van der Waals surface area contributed by atoms with E-state index in [1.807, 2.05) is 0 Å². The first kappa shape index (κ1) is 19.6. The van der Waals surface area contributed by atoms with E-state index in [1.165, 1.54) is 39.5 Å². The van der Waals surface area contributed by atoms with Crippen LogP contribution in [0.3, 0.4) is 0 Å². The Morgan fingerprint density at radius 1 is 0.652 bits per heavy atom. The smallest absolute Gasteiger partial charge is 0.206 e. The van der Waals surface area contributed by atoms with Gasteiger partial charge in [-0.2, -0.15) is 8.78 Å². The lowest BCUT2D eigenvalue weighted by atomic mass is 10.3. The standard InChI is InChI=1S/C8H8BrFO2.C7H5BrF2O/c1-11-6-3-5(9)4-7(12-2)8(6)10;1-11-6-3-4(8)2-5(9)7(6)10/h3-4H,1-2H3;2-3H,1H3. The Balaban J connectivity index is 0.000000231. The number of methoxy groups -OCH3 is 3. The highest BCUT2D eigenvalue weighted by molar-refractivity contribution is 9.10. The third-order valence-corrected chi connectivity index (χ3v) is 3.51. The van der Waals surface area contributed by atoms with Crippen molar-refractivity contribution in [2.45, 2.75) is 0 Å². The number of halogens is 5. The molecule has 0 atom stereocenters. The zero-order valence-electron chi connectivity index (χ0n) is 12.4. The van der Waals surface area contributed by atoms with Crippen LogP contribution in [0.2, 0.25) is 0 Å². The molecule has 0 fully saturated rings. The van der Waals surface area contributed by atoms with Gasteiger partial charge in [-0.25, -0.2) is 4.39 Å². The van der Waals surface area contributed by atoms with E-state index < -0.39 is 17.5 Å². The van der Waals surface area contributed by atoms with E-state index in [0.717, 1.165) is 10.5 Å². The molecule has 0 spiro atoms. The molecule has 0 bridgehead atoms. The normalized spacial score (nSPS) is 9.74. The van der Waals surface area contributed by atoms with Gasteiger partial charge in [-0.1, -0.05) is 31.9 Å². The Hall–Kier alpha value is -1.41. The van der Waals surface area contributed by atoms with Crippen molar-refractivity contribution in [2.24, 2.45) is 0 Å². The van der Waals surface area contributed by atoms with Crippen molar-refractivity contribution in [3.05, 3.63) is 50.7 Å². The first-order valence-corrected chi connectivity index (χ1v) is 7.68. The van der Waals surface area contributed by atoms with Crippen molar-refractivity contribution < 1.29 is 27.4 Å². The summed E-state index contributed by atoms with van der Waals surface area (Å²) in [6.07, 6.45) is 0. The number of rotatable bonds is 3. The van der Waals surface area contributed by atoms with Crippen LogP contribution in [0, 0.1) is 17.5 Å². The number of hydrogen-bond donors (Lipinski definition) is 0. The molecule has 0 saturated heterocycles. The molecule has 23 heavy (non-hydrogen) atoms. The van der Waals surface area contributed by atoms with E-state index in [2.05, 4.69) is 36.6 Å². The topological polar surface area (TPSA) is 27.7 Å². The number of hydrogen-bond acceptors (Lipinski definition) is 3. The molecule has 0 saturated carbocycles. The van der Waals surface area contributed by atoms with Gasteiger partial charge in [0, 0.05) is 8.95 Å². The van der Waals surface area contributed by atoms with Crippen molar-refractivity contribution in [2.75, 3.05) is 21.3 Å². The molecule has 0 heterocycles. The second-order valence-corrected chi connectivity index (χ2v) is 5.86. The minimum Gasteiger partial charge on any atom is -0.494 e. The summed E-state index contributed by atoms with van der Waals surface area (Å²) < 4.78 is 53.7. The fourth-order valence-electron chi connectivity index (χ4n) is 1.52. The van der Waals surface area contributed by atoms with Crippen molar-refractivity contribution >= 4 is 31.9 Å². The first-order chi connectivity index (χ1) is 10.8. The lowest BCUT2D eigenvalue weighted by Gasteiger charge is -2.06. The van der Waals surface area contributed by atoms with Gasteiger partial charge in [-0.15, -0.1) is 0 Å². The summed E-state index contributed by atoms with van der Waals surface area (Å²) in [5.41, 5.74) is 0. The summed E-state index contributed by atoms with van der Waals surface area (Å²) >= 11 is 6.20. The van der Waals surface area contributed by atoms with E-state index in [9.17, 15) is 13.2 Å². The van der Waals surface area contributed by atoms with Gasteiger partial charge >= 0.3 is 0 Å².